The van der Waals surface area contributed by atoms with Gasteiger partial charge in [0, 0.05) is 31.9 Å². The molecule has 1 saturated carbocycles. The molecule has 5 nitrogen and oxygen atoms in total. The van der Waals surface area contributed by atoms with E-state index in [1.54, 1.807) is 15.8 Å². The smallest absolute Gasteiger partial charge is 0.317 e. The van der Waals surface area contributed by atoms with Crippen LogP contribution in [0.3, 0.4) is 0 Å². The Balaban J connectivity index is 1.90. The molecule has 0 bridgehead atoms. The average Bonchev–Trinajstić information content (AvgIpc) is 2.84. The topological polar surface area (TPSA) is 50.2 Å². The summed E-state index contributed by atoms with van der Waals surface area (Å²) in [5, 5.41) is 7.38. The van der Waals surface area contributed by atoms with Gasteiger partial charge >= 0.3 is 6.03 Å². The summed E-state index contributed by atoms with van der Waals surface area (Å²) >= 11 is 0. The number of aryl methyl sites for hydroxylation is 1. The van der Waals surface area contributed by atoms with Crippen molar-refractivity contribution < 1.29 is 4.79 Å². The molecule has 0 unspecified atom stereocenters. The summed E-state index contributed by atoms with van der Waals surface area (Å²) in [5.74, 6) is 1.23. The lowest BCUT2D eigenvalue weighted by Crippen LogP contribution is -2.48. The number of nitrogens with zero attached hydrogens (tertiary/aromatic N) is 3. The predicted octanol–water partition coefficient (Wildman–Crippen LogP) is 2.78. The minimum absolute atomic E-state index is 0.0244. The van der Waals surface area contributed by atoms with E-state index in [4.69, 9.17) is 0 Å². The van der Waals surface area contributed by atoms with Crippen LogP contribution in [0.5, 0.6) is 0 Å². The summed E-state index contributed by atoms with van der Waals surface area (Å²) in [6.07, 6.45) is 8.61. The number of rotatable bonds is 4. The highest BCUT2D eigenvalue weighted by molar-refractivity contribution is 5.74. The standard InChI is InChI=1S/C16H28N4O/c1-12(2)14-7-5-6-8-15(14)18-16(21)19(3)10-13-9-17-20(4)11-13/h9,11-12,14-15H,5-8,10H2,1-4H3,(H,18,21)/t14-,15-/m0/s1. The molecule has 1 aliphatic rings. The summed E-state index contributed by atoms with van der Waals surface area (Å²) < 4.78 is 1.76. The summed E-state index contributed by atoms with van der Waals surface area (Å²) in [6, 6.07) is 0.346. The number of carbonyl (C=O) groups is 1. The molecule has 2 amide bonds. The van der Waals surface area contributed by atoms with Crippen LogP contribution in [0.1, 0.15) is 45.1 Å². The Hall–Kier alpha value is -1.52. The van der Waals surface area contributed by atoms with Crippen LogP contribution < -0.4 is 5.32 Å². The molecule has 21 heavy (non-hydrogen) atoms. The largest absolute Gasteiger partial charge is 0.335 e. The zero-order valence-corrected chi connectivity index (χ0v) is 13.7. The zero-order chi connectivity index (χ0) is 15.4. The second-order valence-electron chi connectivity index (χ2n) is 6.63. The van der Waals surface area contributed by atoms with Gasteiger partial charge in [0.15, 0.2) is 0 Å². The Morgan fingerprint density at radius 3 is 2.81 bits per heavy atom. The molecular weight excluding hydrogens is 264 g/mol. The number of carbonyl (C=O) groups excluding carboxylic acids is 1. The van der Waals surface area contributed by atoms with Gasteiger partial charge in [0.05, 0.1) is 12.7 Å². The molecule has 2 rings (SSSR count). The SMILES string of the molecule is CC(C)[C@@H]1CCCC[C@@H]1NC(=O)N(C)Cc1cnn(C)c1. The molecule has 0 aromatic carbocycles. The van der Waals surface area contributed by atoms with Gasteiger partial charge in [-0.05, 0) is 24.7 Å². The highest BCUT2D eigenvalue weighted by Crippen LogP contribution is 2.30. The molecule has 0 radical (unpaired) electrons. The van der Waals surface area contributed by atoms with Crippen molar-refractivity contribution in [1.82, 2.24) is 20.0 Å². The quantitative estimate of drug-likeness (QED) is 0.927. The van der Waals surface area contributed by atoms with Crippen LogP contribution in [0.15, 0.2) is 12.4 Å². The van der Waals surface area contributed by atoms with Crippen molar-refractivity contribution in [2.45, 2.75) is 52.1 Å². The van der Waals surface area contributed by atoms with E-state index in [0.717, 1.165) is 12.0 Å². The van der Waals surface area contributed by atoms with Crippen LogP contribution >= 0.6 is 0 Å². The van der Waals surface area contributed by atoms with E-state index in [2.05, 4.69) is 24.3 Å². The Bertz CT molecular complexity index is 469. The van der Waals surface area contributed by atoms with Gasteiger partial charge in [-0.3, -0.25) is 4.68 Å². The normalized spacial score (nSPS) is 22.3. The molecule has 2 atom stereocenters. The van der Waals surface area contributed by atoms with E-state index < -0.39 is 0 Å². The van der Waals surface area contributed by atoms with Gasteiger partial charge in [-0.15, -0.1) is 0 Å². The zero-order valence-electron chi connectivity index (χ0n) is 13.7. The fourth-order valence-electron chi connectivity index (χ4n) is 3.30. The first-order valence-corrected chi connectivity index (χ1v) is 7.96. The van der Waals surface area contributed by atoms with Gasteiger partial charge in [-0.2, -0.15) is 5.10 Å². The van der Waals surface area contributed by atoms with Gasteiger partial charge < -0.3 is 10.2 Å². The average molecular weight is 292 g/mol. The number of amides is 2. The van der Waals surface area contributed by atoms with Gasteiger partial charge in [0.1, 0.15) is 0 Å². The van der Waals surface area contributed by atoms with E-state index >= 15 is 0 Å². The third-order valence-corrected chi connectivity index (χ3v) is 4.51. The lowest BCUT2D eigenvalue weighted by molar-refractivity contribution is 0.173. The summed E-state index contributed by atoms with van der Waals surface area (Å²) in [6.45, 7) is 5.11. The number of aromatic nitrogens is 2. The monoisotopic (exact) mass is 292 g/mol. The van der Waals surface area contributed by atoms with Crippen LogP contribution in [0.4, 0.5) is 4.79 Å². The first kappa shape index (κ1) is 15.9. The molecular formula is C16H28N4O. The van der Waals surface area contributed by atoms with Gasteiger partial charge in [0.2, 0.25) is 0 Å². The Labute approximate surface area is 127 Å². The van der Waals surface area contributed by atoms with E-state index in [9.17, 15) is 4.79 Å². The molecule has 1 N–H and O–H groups in total. The van der Waals surface area contributed by atoms with Crippen molar-refractivity contribution in [3.8, 4) is 0 Å². The molecule has 1 fully saturated rings. The fourth-order valence-corrected chi connectivity index (χ4v) is 3.30. The highest BCUT2D eigenvalue weighted by Gasteiger charge is 2.29. The van der Waals surface area contributed by atoms with Crippen molar-refractivity contribution in [1.29, 1.82) is 0 Å². The van der Waals surface area contributed by atoms with E-state index in [1.807, 2.05) is 20.3 Å². The second kappa shape index (κ2) is 6.96. The third kappa shape index (κ3) is 4.22. The molecule has 0 saturated heterocycles. The molecule has 1 aliphatic carbocycles. The van der Waals surface area contributed by atoms with Gasteiger partial charge in [-0.1, -0.05) is 26.7 Å². The number of urea groups is 1. The van der Waals surface area contributed by atoms with Crippen LogP contribution in [0, 0.1) is 11.8 Å². The van der Waals surface area contributed by atoms with Crippen LogP contribution in [0.2, 0.25) is 0 Å². The highest BCUT2D eigenvalue weighted by atomic mass is 16.2. The molecule has 118 valence electrons. The Morgan fingerprint density at radius 1 is 1.48 bits per heavy atom. The second-order valence-corrected chi connectivity index (χ2v) is 6.63. The molecule has 0 aliphatic heterocycles. The summed E-state index contributed by atoms with van der Waals surface area (Å²) in [4.78, 5) is 14.1. The Morgan fingerprint density at radius 2 is 2.19 bits per heavy atom. The maximum Gasteiger partial charge on any atom is 0.317 e. The summed E-state index contributed by atoms with van der Waals surface area (Å²) in [5.41, 5.74) is 1.05. The molecule has 1 aromatic rings. The van der Waals surface area contributed by atoms with Crippen molar-refractivity contribution in [3.05, 3.63) is 18.0 Å². The minimum atomic E-state index is 0.0244. The lowest BCUT2D eigenvalue weighted by Gasteiger charge is -2.35. The third-order valence-electron chi connectivity index (χ3n) is 4.51. The predicted molar refractivity (Wildman–Crippen MR) is 83.8 cm³/mol. The molecule has 1 aromatic heterocycles. The van der Waals surface area contributed by atoms with E-state index in [1.165, 1.54) is 19.3 Å². The minimum Gasteiger partial charge on any atom is -0.335 e. The van der Waals surface area contributed by atoms with Crippen molar-refractivity contribution in [2.75, 3.05) is 7.05 Å². The fraction of sp³-hybridized carbons (Fsp3) is 0.750. The molecule has 5 heteroatoms. The van der Waals surface area contributed by atoms with Crippen molar-refractivity contribution >= 4 is 6.03 Å². The van der Waals surface area contributed by atoms with Gasteiger partial charge in [-0.25, -0.2) is 4.79 Å². The summed E-state index contributed by atoms with van der Waals surface area (Å²) in [7, 11) is 3.73. The van der Waals surface area contributed by atoms with Crippen molar-refractivity contribution in [2.24, 2.45) is 18.9 Å². The van der Waals surface area contributed by atoms with Crippen LogP contribution in [0.25, 0.3) is 0 Å². The maximum absolute atomic E-state index is 12.4. The van der Waals surface area contributed by atoms with Crippen molar-refractivity contribution in [3.63, 3.8) is 0 Å². The molecule has 0 spiro atoms. The number of nitrogens with one attached hydrogen (secondary N) is 1. The van der Waals surface area contributed by atoms with Crippen LogP contribution in [-0.2, 0) is 13.6 Å². The number of hydrogen-bond donors (Lipinski definition) is 1. The lowest BCUT2D eigenvalue weighted by atomic mass is 9.78. The molecule has 1 heterocycles. The van der Waals surface area contributed by atoms with Crippen LogP contribution in [-0.4, -0.2) is 33.8 Å². The van der Waals surface area contributed by atoms with E-state index in [-0.39, 0.29) is 6.03 Å². The van der Waals surface area contributed by atoms with E-state index in [0.29, 0.717) is 24.4 Å². The maximum atomic E-state index is 12.4. The van der Waals surface area contributed by atoms with Gasteiger partial charge in [0.25, 0.3) is 0 Å². The Kier molecular flexibility index (Phi) is 5.26. The number of hydrogen-bond acceptors (Lipinski definition) is 2. The first-order valence-electron chi connectivity index (χ1n) is 7.96. The first-order chi connectivity index (χ1) is 9.97.